The monoisotopic (exact) mass is 262 g/mol. The van der Waals surface area contributed by atoms with Crippen molar-refractivity contribution in [1.82, 2.24) is 0 Å². The van der Waals surface area contributed by atoms with Crippen LogP contribution in [0.2, 0.25) is 0 Å². The molecule has 0 N–H and O–H groups in total. The minimum atomic E-state index is -0.326. The van der Waals surface area contributed by atoms with Crippen LogP contribution in [-0.4, -0.2) is 5.97 Å². The minimum absolute atomic E-state index is 0.326. The number of alkyl halides is 1. The van der Waals surface area contributed by atoms with Gasteiger partial charge in [0.2, 0.25) is 0 Å². The Balaban J connectivity index is 0.000000225. The van der Waals surface area contributed by atoms with Crippen LogP contribution in [0.3, 0.4) is 0 Å². The van der Waals surface area contributed by atoms with Crippen molar-refractivity contribution < 1.29 is 9.53 Å². The van der Waals surface area contributed by atoms with E-state index in [1.54, 1.807) is 12.1 Å². The summed E-state index contributed by atoms with van der Waals surface area (Å²) in [5.74, 6) is 0.566. The predicted octanol–water partition coefficient (Wildman–Crippen LogP) is 4.04. The average molecular weight is 263 g/mol. The number of para-hydroxylation sites is 1. The number of benzene rings is 2. The molecule has 0 heterocycles. The van der Waals surface area contributed by atoms with Crippen LogP contribution in [0.5, 0.6) is 5.75 Å². The highest BCUT2D eigenvalue weighted by Gasteiger charge is 2.02. The molecule has 0 radical (unpaired) electrons. The second kappa shape index (κ2) is 8.31. The zero-order chi connectivity index (χ0) is 13.2. The van der Waals surface area contributed by atoms with Gasteiger partial charge >= 0.3 is 5.97 Å². The fourth-order valence-electron chi connectivity index (χ4n) is 1.25. The van der Waals surface area contributed by atoms with Crippen molar-refractivity contribution in [2.75, 3.05) is 0 Å². The maximum Gasteiger partial charge on any atom is 0.308 e. The molecule has 0 bridgehead atoms. The van der Waals surface area contributed by atoms with Crippen molar-refractivity contribution in [2.45, 2.75) is 12.8 Å². The van der Waals surface area contributed by atoms with Gasteiger partial charge in [0.05, 0.1) is 5.88 Å². The van der Waals surface area contributed by atoms with Crippen molar-refractivity contribution >= 4 is 17.6 Å². The van der Waals surface area contributed by atoms with Crippen LogP contribution in [0, 0.1) is 0 Å². The van der Waals surface area contributed by atoms with Gasteiger partial charge in [-0.05, 0) is 6.07 Å². The summed E-state index contributed by atoms with van der Waals surface area (Å²) in [4.78, 5) is 10.6. The fourth-order valence-corrected chi connectivity index (χ4v) is 1.47. The Bertz CT molecular complexity index is 442. The second-order valence-corrected chi connectivity index (χ2v) is 3.76. The Morgan fingerprint density at radius 1 is 1.00 bits per heavy atom. The Kier molecular flexibility index (Phi) is 6.59. The molecular formula is C15H15ClO2. The molecule has 3 heteroatoms. The lowest BCUT2D eigenvalue weighted by Gasteiger charge is -2.04. The van der Waals surface area contributed by atoms with Crippen LogP contribution in [0.15, 0.2) is 60.7 Å². The molecule has 0 unspecified atom stereocenters. The quantitative estimate of drug-likeness (QED) is 0.464. The van der Waals surface area contributed by atoms with Crippen molar-refractivity contribution in [2.24, 2.45) is 0 Å². The predicted molar refractivity (Wildman–Crippen MR) is 73.8 cm³/mol. The third kappa shape index (κ3) is 5.51. The molecule has 0 aliphatic carbocycles. The van der Waals surface area contributed by atoms with E-state index in [1.165, 1.54) is 6.92 Å². The highest BCUT2D eigenvalue weighted by Crippen LogP contribution is 2.19. The summed E-state index contributed by atoms with van der Waals surface area (Å²) in [6, 6.07) is 19.2. The van der Waals surface area contributed by atoms with Gasteiger partial charge in [0.1, 0.15) is 5.75 Å². The van der Waals surface area contributed by atoms with Gasteiger partial charge in [-0.1, -0.05) is 54.6 Å². The van der Waals surface area contributed by atoms with Crippen LogP contribution >= 0.6 is 11.6 Å². The highest BCUT2D eigenvalue weighted by molar-refractivity contribution is 6.17. The maximum absolute atomic E-state index is 10.6. The second-order valence-electron chi connectivity index (χ2n) is 3.49. The zero-order valence-electron chi connectivity index (χ0n) is 10.2. The summed E-state index contributed by atoms with van der Waals surface area (Å²) in [6.45, 7) is 1.37. The third-order valence-electron chi connectivity index (χ3n) is 2.04. The molecule has 2 nitrogen and oxygen atoms in total. The standard InChI is InChI=1S/C9H9ClO2.C6H6/c1-7(11)12-9-5-3-2-4-8(9)6-10;1-2-4-6-5-3-1/h2-5H,6H2,1H3;1-6H. The van der Waals surface area contributed by atoms with Crippen LogP contribution in [0.4, 0.5) is 0 Å². The van der Waals surface area contributed by atoms with Gasteiger partial charge in [-0.25, -0.2) is 0 Å². The van der Waals surface area contributed by atoms with Crippen LogP contribution in [0.1, 0.15) is 12.5 Å². The van der Waals surface area contributed by atoms with Gasteiger partial charge in [0.25, 0.3) is 0 Å². The number of ether oxygens (including phenoxy) is 1. The topological polar surface area (TPSA) is 26.3 Å². The third-order valence-corrected chi connectivity index (χ3v) is 2.32. The van der Waals surface area contributed by atoms with E-state index >= 15 is 0 Å². The first kappa shape index (κ1) is 14.3. The first-order chi connectivity index (χ1) is 8.74. The van der Waals surface area contributed by atoms with E-state index in [-0.39, 0.29) is 5.97 Å². The number of hydrogen-bond acceptors (Lipinski definition) is 2. The van der Waals surface area contributed by atoms with Crippen LogP contribution < -0.4 is 4.74 Å². The largest absolute Gasteiger partial charge is 0.426 e. The zero-order valence-corrected chi connectivity index (χ0v) is 10.9. The molecule has 0 aliphatic rings. The molecular weight excluding hydrogens is 248 g/mol. The van der Waals surface area contributed by atoms with E-state index in [0.717, 1.165) is 5.56 Å². The minimum Gasteiger partial charge on any atom is -0.426 e. The van der Waals surface area contributed by atoms with Gasteiger partial charge in [-0.3, -0.25) is 4.79 Å². The first-order valence-corrected chi connectivity index (χ1v) is 6.10. The van der Waals surface area contributed by atoms with Gasteiger partial charge < -0.3 is 4.74 Å². The molecule has 94 valence electrons. The van der Waals surface area contributed by atoms with E-state index in [2.05, 4.69) is 0 Å². The van der Waals surface area contributed by atoms with E-state index in [4.69, 9.17) is 16.3 Å². The molecule has 0 saturated heterocycles. The van der Waals surface area contributed by atoms with Crippen molar-refractivity contribution in [3.63, 3.8) is 0 Å². The van der Waals surface area contributed by atoms with Crippen molar-refractivity contribution in [3.8, 4) is 5.75 Å². The van der Waals surface area contributed by atoms with Crippen LogP contribution in [-0.2, 0) is 10.7 Å². The molecule has 0 saturated carbocycles. The van der Waals surface area contributed by atoms with E-state index in [0.29, 0.717) is 11.6 Å². The number of carbonyl (C=O) groups excluding carboxylic acids is 1. The van der Waals surface area contributed by atoms with Gasteiger partial charge in [-0.2, -0.15) is 0 Å². The molecule has 2 aromatic rings. The lowest BCUT2D eigenvalue weighted by molar-refractivity contribution is -0.131. The summed E-state index contributed by atoms with van der Waals surface area (Å²) in [5, 5.41) is 0. The van der Waals surface area contributed by atoms with E-state index in [9.17, 15) is 4.79 Å². The highest BCUT2D eigenvalue weighted by atomic mass is 35.5. The van der Waals surface area contributed by atoms with Gasteiger partial charge in [-0.15, -0.1) is 11.6 Å². The lowest BCUT2D eigenvalue weighted by Crippen LogP contribution is -2.02. The maximum atomic E-state index is 10.6. The summed E-state index contributed by atoms with van der Waals surface area (Å²) < 4.78 is 4.91. The molecule has 0 spiro atoms. The number of hydrogen-bond donors (Lipinski definition) is 0. The van der Waals surface area contributed by atoms with Crippen LogP contribution in [0.25, 0.3) is 0 Å². The van der Waals surface area contributed by atoms with Crippen molar-refractivity contribution in [1.29, 1.82) is 0 Å². The SMILES string of the molecule is CC(=O)Oc1ccccc1CCl.c1ccccc1. The summed E-state index contributed by atoms with van der Waals surface area (Å²) in [7, 11) is 0. The number of esters is 1. The van der Waals surface area contributed by atoms with E-state index < -0.39 is 0 Å². The molecule has 0 amide bonds. The Labute approximate surface area is 112 Å². The number of halogens is 1. The molecule has 0 aliphatic heterocycles. The molecule has 2 aromatic carbocycles. The Hall–Kier alpha value is -1.80. The Morgan fingerprint density at radius 2 is 1.50 bits per heavy atom. The summed E-state index contributed by atoms with van der Waals surface area (Å²) in [6.07, 6.45) is 0. The lowest BCUT2D eigenvalue weighted by atomic mass is 10.2. The van der Waals surface area contributed by atoms with Gasteiger partial charge in [0.15, 0.2) is 0 Å². The molecule has 18 heavy (non-hydrogen) atoms. The van der Waals surface area contributed by atoms with E-state index in [1.807, 2.05) is 48.5 Å². The average Bonchev–Trinajstić information content (AvgIpc) is 2.41. The smallest absolute Gasteiger partial charge is 0.308 e. The van der Waals surface area contributed by atoms with Gasteiger partial charge in [0, 0.05) is 12.5 Å². The van der Waals surface area contributed by atoms with Crippen molar-refractivity contribution in [3.05, 3.63) is 66.2 Å². The fraction of sp³-hybridized carbons (Fsp3) is 0.133. The first-order valence-electron chi connectivity index (χ1n) is 5.56. The number of rotatable bonds is 2. The summed E-state index contributed by atoms with van der Waals surface area (Å²) in [5.41, 5.74) is 0.828. The molecule has 0 aromatic heterocycles. The Morgan fingerprint density at radius 3 is 1.94 bits per heavy atom. The summed E-state index contributed by atoms with van der Waals surface area (Å²) >= 11 is 5.62. The number of carbonyl (C=O) groups is 1. The molecule has 0 atom stereocenters. The normalized spacial score (nSPS) is 9.00. The molecule has 2 rings (SSSR count). The molecule has 0 fully saturated rings.